The van der Waals surface area contributed by atoms with Gasteiger partial charge in [0.2, 0.25) is 5.91 Å². The minimum absolute atomic E-state index is 0.127. The van der Waals surface area contributed by atoms with Gasteiger partial charge in [-0.05, 0) is 44.4 Å². The van der Waals surface area contributed by atoms with Crippen molar-refractivity contribution in [1.29, 1.82) is 0 Å². The summed E-state index contributed by atoms with van der Waals surface area (Å²) >= 11 is 0. The molecular weight excluding hydrogens is 360 g/mol. The minimum Gasteiger partial charge on any atom is -0.310 e. The number of nitrogens with one attached hydrogen (secondary N) is 1. The van der Waals surface area contributed by atoms with Gasteiger partial charge in [-0.15, -0.1) is 0 Å². The van der Waals surface area contributed by atoms with Gasteiger partial charge in [-0.1, -0.05) is 48.5 Å². The van der Waals surface area contributed by atoms with Crippen LogP contribution in [0.2, 0.25) is 0 Å². The van der Waals surface area contributed by atoms with Crippen molar-refractivity contribution in [2.45, 2.75) is 46.3 Å². The number of hydrogen-bond donors (Lipinski definition) is 1. The molecule has 1 aliphatic rings. The third-order valence-corrected chi connectivity index (χ3v) is 5.82. The molecule has 1 N–H and O–H groups in total. The van der Waals surface area contributed by atoms with Gasteiger partial charge in [0.1, 0.15) is 0 Å². The molecule has 0 aliphatic carbocycles. The Bertz CT molecular complexity index is 1010. The zero-order chi connectivity index (χ0) is 20.4. The molecule has 1 amide bonds. The fourth-order valence-electron chi connectivity index (χ4n) is 4.04. The van der Waals surface area contributed by atoms with Crippen LogP contribution in [0.4, 0.5) is 5.69 Å². The summed E-state index contributed by atoms with van der Waals surface area (Å²) in [6.07, 6.45) is 0.930. The predicted octanol–water partition coefficient (Wildman–Crippen LogP) is 3.62. The lowest BCUT2D eigenvalue weighted by Gasteiger charge is -2.22. The van der Waals surface area contributed by atoms with Gasteiger partial charge in [-0.3, -0.25) is 9.48 Å². The van der Waals surface area contributed by atoms with Gasteiger partial charge in [0, 0.05) is 30.0 Å². The predicted molar refractivity (Wildman–Crippen MR) is 116 cm³/mol. The average Bonchev–Trinajstić information content (AvgIpc) is 3.28. The number of para-hydroxylation sites is 1. The number of rotatable bonds is 6. The molecular formula is C24H28N4O. The van der Waals surface area contributed by atoms with E-state index in [1.54, 1.807) is 0 Å². The maximum atomic E-state index is 13.0. The zero-order valence-corrected chi connectivity index (χ0v) is 17.4. The summed E-state index contributed by atoms with van der Waals surface area (Å²) in [6.45, 7) is 8.23. The molecule has 5 heteroatoms. The van der Waals surface area contributed by atoms with E-state index < -0.39 is 0 Å². The molecule has 0 saturated carbocycles. The molecule has 0 bridgehead atoms. The second-order valence-electron chi connectivity index (χ2n) is 7.76. The van der Waals surface area contributed by atoms with Crippen LogP contribution >= 0.6 is 0 Å². The number of carbonyl (C=O) groups excluding carboxylic acids is 1. The highest BCUT2D eigenvalue weighted by Gasteiger charge is 2.27. The van der Waals surface area contributed by atoms with Crippen molar-refractivity contribution in [3.05, 3.63) is 82.7 Å². The van der Waals surface area contributed by atoms with Crippen molar-refractivity contribution in [3.63, 3.8) is 0 Å². The number of benzene rings is 2. The highest BCUT2D eigenvalue weighted by Crippen LogP contribution is 2.28. The van der Waals surface area contributed by atoms with Gasteiger partial charge in [0.05, 0.1) is 18.3 Å². The van der Waals surface area contributed by atoms with Gasteiger partial charge < -0.3 is 10.2 Å². The van der Waals surface area contributed by atoms with Crippen LogP contribution in [0, 0.1) is 13.8 Å². The Morgan fingerprint density at radius 2 is 1.83 bits per heavy atom. The third-order valence-electron chi connectivity index (χ3n) is 5.82. The summed E-state index contributed by atoms with van der Waals surface area (Å²) in [5.41, 5.74) is 6.86. The fraction of sp³-hybridized carbons (Fsp3) is 0.333. The van der Waals surface area contributed by atoms with E-state index in [4.69, 9.17) is 5.10 Å². The smallest absolute Gasteiger partial charge is 0.243 e. The number of nitrogens with zero attached hydrogens (tertiary/aromatic N) is 3. The Morgan fingerprint density at radius 3 is 2.62 bits per heavy atom. The van der Waals surface area contributed by atoms with Gasteiger partial charge in [0.15, 0.2) is 0 Å². The molecule has 2 aromatic carbocycles. The van der Waals surface area contributed by atoms with E-state index in [1.165, 1.54) is 16.7 Å². The second-order valence-corrected chi connectivity index (χ2v) is 7.76. The monoisotopic (exact) mass is 388 g/mol. The number of anilines is 1. The van der Waals surface area contributed by atoms with E-state index >= 15 is 0 Å². The molecule has 0 spiro atoms. The molecule has 150 valence electrons. The van der Waals surface area contributed by atoms with E-state index in [2.05, 4.69) is 30.4 Å². The molecule has 1 aromatic heterocycles. The SMILES string of the molecule is Cc1nn(Cc2ccccc2)c(C)c1CNC(C)C(=O)N1CCc2ccccc21. The fourth-order valence-corrected chi connectivity index (χ4v) is 4.04. The lowest BCUT2D eigenvalue weighted by Crippen LogP contribution is -2.44. The van der Waals surface area contributed by atoms with Crippen molar-refractivity contribution < 1.29 is 4.79 Å². The second kappa shape index (κ2) is 8.21. The highest BCUT2D eigenvalue weighted by atomic mass is 16.2. The maximum absolute atomic E-state index is 13.0. The van der Waals surface area contributed by atoms with Gasteiger partial charge >= 0.3 is 0 Å². The molecule has 1 atom stereocenters. The van der Waals surface area contributed by atoms with E-state index in [-0.39, 0.29) is 11.9 Å². The minimum atomic E-state index is -0.252. The summed E-state index contributed by atoms with van der Waals surface area (Å²) in [5, 5.41) is 8.14. The Morgan fingerprint density at radius 1 is 1.10 bits per heavy atom. The molecule has 29 heavy (non-hydrogen) atoms. The standard InChI is InChI=1S/C24H28N4O/c1-17-22(19(3)28(26-17)16-20-9-5-4-6-10-20)15-25-18(2)24(29)27-14-13-21-11-7-8-12-23(21)27/h4-12,18,25H,13-16H2,1-3H3. The van der Waals surface area contributed by atoms with Gasteiger partial charge in [-0.25, -0.2) is 0 Å². The average molecular weight is 389 g/mol. The summed E-state index contributed by atoms with van der Waals surface area (Å²) in [4.78, 5) is 14.9. The first-order valence-electron chi connectivity index (χ1n) is 10.2. The largest absolute Gasteiger partial charge is 0.310 e. The molecule has 0 radical (unpaired) electrons. The van der Waals surface area contributed by atoms with Crippen molar-refractivity contribution in [2.75, 3.05) is 11.4 Å². The third kappa shape index (κ3) is 3.96. The van der Waals surface area contributed by atoms with E-state index in [1.807, 2.05) is 59.8 Å². The van der Waals surface area contributed by atoms with Crippen LogP contribution in [0.15, 0.2) is 54.6 Å². The lowest BCUT2D eigenvalue weighted by atomic mass is 10.1. The number of carbonyl (C=O) groups is 1. The van der Waals surface area contributed by atoms with E-state index in [0.29, 0.717) is 6.54 Å². The van der Waals surface area contributed by atoms with Crippen LogP contribution in [0.25, 0.3) is 0 Å². The Labute approximate surface area is 172 Å². The van der Waals surface area contributed by atoms with Crippen LogP contribution in [0.1, 0.15) is 35.0 Å². The zero-order valence-electron chi connectivity index (χ0n) is 17.4. The molecule has 3 aromatic rings. The number of hydrogen-bond acceptors (Lipinski definition) is 3. The number of fused-ring (bicyclic) bond motifs is 1. The molecule has 4 rings (SSSR count). The highest BCUT2D eigenvalue weighted by molar-refractivity contribution is 5.98. The summed E-state index contributed by atoms with van der Waals surface area (Å²) in [7, 11) is 0. The van der Waals surface area contributed by atoms with Crippen LogP contribution in [0.5, 0.6) is 0 Å². The van der Waals surface area contributed by atoms with Crippen molar-refractivity contribution >= 4 is 11.6 Å². The van der Waals surface area contributed by atoms with Crippen molar-refractivity contribution in [3.8, 4) is 0 Å². The maximum Gasteiger partial charge on any atom is 0.243 e. The Balaban J connectivity index is 1.42. The molecule has 5 nitrogen and oxygen atoms in total. The Hall–Kier alpha value is -2.92. The molecule has 1 unspecified atom stereocenters. The molecule has 2 heterocycles. The quantitative estimate of drug-likeness (QED) is 0.702. The Kier molecular flexibility index (Phi) is 5.49. The first-order chi connectivity index (χ1) is 14.0. The van der Waals surface area contributed by atoms with E-state index in [0.717, 1.165) is 36.6 Å². The summed E-state index contributed by atoms with van der Waals surface area (Å²) < 4.78 is 2.05. The van der Waals surface area contributed by atoms with Crippen molar-refractivity contribution in [1.82, 2.24) is 15.1 Å². The van der Waals surface area contributed by atoms with Gasteiger partial charge in [0.25, 0.3) is 0 Å². The summed E-state index contributed by atoms with van der Waals surface area (Å²) in [6, 6.07) is 18.3. The van der Waals surface area contributed by atoms with Gasteiger partial charge in [-0.2, -0.15) is 5.10 Å². The topological polar surface area (TPSA) is 50.2 Å². The first kappa shape index (κ1) is 19.4. The van der Waals surface area contributed by atoms with Crippen LogP contribution in [-0.4, -0.2) is 28.3 Å². The van der Waals surface area contributed by atoms with E-state index in [9.17, 15) is 4.79 Å². The number of amides is 1. The van der Waals surface area contributed by atoms with Crippen molar-refractivity contribution in [2.24, 2.45) is 0 Å². The molecule has 1 aliphatic heterocycles. The van der Waals surface area contributed by atoms with Crippen LogP contribution < -0.4 is 10.2 Å². The lowest BCUT2D eigenvalue weighted by molar-refractivity contribution is -0.120. The van der Waals surface area contributed by atoms with Crippen LogP contribution in [0.3, 0.4) is 0 Å². The first-order valence-corrected chi connectivity index (χ1v) is 10.2. The molecule has 0 fully saturated rings. The van der Waals surface area contributed by atoms with Crippen LogP contribution in [-0.2, 0) is 24.3 Å². The number of aromatic nitrogens is 2. The number of aryl methyl sites for hydroxylation is 1. The normalized spacial score (nSPS) is 14.1. The molecule has 0 saturated heterocycles. The summed E-state index contributed by atoms with van der Waals surface area (Å²) in [5.74, 6) is 0.127.